The van der Waals surface area contributed by atoms with Crippen molar-refractivity contribution in [1.82, 2.24) is 15.4 Å². The normalized spacial score (nSPS) is 15.3. The molecule has 0 aliphatic carbocycles. The van der Waals surface area contributed by atoms with Crippen molar-refractivity contribution in [2.75, 3.05) is 6.61 Å². The first-order chi connectivity index (χ1) is 9.79. The van der Waals surface area contributed by atoms with E-state index in [9.17, 15) is 0 Å². The Labute approximate surface area is 118 Å². The molecule has 0 radical (unpaired) electrons. The number of fused-ring (bicyclic) bond motifs is 1. The Hall–Kier alpha value is -1.98. The van der Waals surface area contributed by atoms with Gasteiger partial charge in [-0.2, -0.15) is 0 Å². The first kappa shape index (κ1) is 13.0. The zero-order valence-electron chi connectivity index (χ0n) is 11.5. The Kier molecular flexibility index (Phi) is 3.62. The maximum atomic E-state index is 5.83. The van der Waals surface area contributed by atoms with E-state index in [0.717, 1.165) is 36.3 Å². The minimum Gasteiger partial charge on any atom is -0.493 e. The van der Waals surface area contributed by atoms with E-state index in [1.807, 2.05) is 19.1 Å². The van der Waals surface area contributed by atoms with Crippen LogP contribution in [0.4, 0.5) is 0 Å². The lowest BCUT2D eigenvalue weighted by Gasteiger charge is -2.24. The van der Waals surface area contributed by atoms with Gasteiger partial charge in [-0.1, -0.05) is 18.2 Å². The van der Waals surface area contributed by atoms with Crippen molar-refractivity contribution in [1.29, 1.82) is 0 Å². The largest absolute Gasteiger partial charge is 0.493 e. The molecule has 2 aromatic rings. The fourth-order valence-electron chi connectivity index (χ4n) is 2.50. The number of benzene rings is 1. The zero-order chi connectivity index (χ0) is 13.9. The molecule has 1 atom stereocenters. The summed E-state index contributed by atoms with van der Waals surface area (Å²) in [6.45, 7) is 2.71. The van der Waals surface area contributed by atoms with Crippen molar-refractivity contribution in [3.8, 4) is 5.75 Å². The topological polar surface area (TPSA) is 73.1 Å². The van der Waals surface area contributed by atoms with Crippen LogP contribution in [-0.4, -0.2) is 16.6 Å². The van der Waals surface area contributed by atoms with Gasteiger partial charge in [-0.15, -0.1) is 0 Å². The van der Waals surface area contributed by atoms with Crippen LogP contribution in [0.1, 0.15) is 35.0 Å². The van der Waals surface area contributed by atoms with Crippen molar-refractivity contribution in [3.63, 3.8) is 0 Å². The minimum absolute atomic E-state index is 0.261. The Morgan fingerprint density at radius 3 is 2.85 bits per heavy atom. The van der Waals surface area contributed by atoms with Crippen molar-refractivity contribution in [2.45, 2.75) is 25.8 Å². The molecule has 1 aliphatic rings. The van der Waals surface area contributed by atoms with Gasteiger partial charge in [-0.05, 0) is 30.9 Å². The highest BCUT2D eigenvalue weighted by atomic mass is 16.5. The smallest absolute Gasteiger partial charge is 0.151 e. The average Bonchev–Trinajstić information content (AvgIpc) is 2.50. The predicted molar refractivity (Wildman–Crippen MR) is 76.2 cm³/mol. The second kappa shape index (κ2) is 5.56. The van der Waals surface area contributed by atoms with E-state index < -0.39 is 0 Å². The van der Waals surface area contributed by atoms with Crippen LogP contribution in [0.3, 0.4) is 0 Å². The molecule has 0 bridgehead atoms. The van der Waals surface area contributed by atoms with Crippen LogP contribution in [0, 0.1) is 6.92 Å². The molecule has 1 aromatic carbocycles. The van der Waals surface area contributed by atoms with E-state index in [1.54, 1.807) is 12.4 Å². The van der Waals surface area contributed by atoms with E-state index in [2.05, 4.69) is 21.5 Å². The first-order valence-electron chi connectivity index (χ1n) is 6.79. The van der Waals surface area contributed by atoms with Crippen molar-refractivity contribution >= 4 is 0 Å². The number of hydrogen-bond acceptors (Lipinski definition) is 5. The number of nitrogens with two attached hydrogens (primary N) is 1. The monoisotopic (exact) mass is 270 g/mol. The molecule has 20 heavy (non-hydrogen) atoms. The van der Waals surface area contributed by atoms with E-state index in [1.165, 1.54) is 5.56 Å². The first-order valence-corrected chi connectivity index (χ1v) is 6.79. The van der Waals surface area contributed by atoms with Crippen molar-refractivity contribution < 1.29 is 4.74 Å². The molecule has 0 amide bonds. The summed E-state index contributed by atoms with van der Waals surface area (Å²) < 4.78 is 5.83. The number of hydrazine groups is 1. The Morgan fingerprint density at radius 2 is 2.10 bits per heavy atom. The number of aryl methyl sites for hydroxylation is 2. The maximum absolute atomic E-state index is 5.83. The highest BCUT2D eigenvalue weighted by Gasteiger charge is 2.23. The molecule has 1 aliphatic heterocycles. The molecule has 1 aromatic heterocycles. The van der Waals surface area contributed by atoms with E-state index >= 15 is 0 Å². The molecule has 0 saturated heterocycles. The third kappa shape index (κ3) is 2.37. The molecule has 5 nitrogen and oxygen atoms in total. The minimum atomic E-state index is -0.261. The standard InChI is InChI=1S/C15H18N4O/c1-10-8-17-15(18-9-10)13(19-16)12-6-2-4-11-5-3-7-20-14(11)12/h2,4,6,8-9,13,19H,3,5,7,16H2,1H3. The number of rotatable bonds is 3. The number of hydrogen-bond donors (Lipinski definition) is 2. The maximum Gasteiger partial charge on any atom is 0.151 e. The highest BCUT2D eigenvalue weighted by Crippen LogP contribution is 2.34. The fraction of sp³-hybridized carbons (Fsp3) is 0.333. The predicted octanol–water partition coefficient (Wildman–Crippen LogP) is 1.66. The van der Waals surface area contributed by atoms with Gasteiger partial charge >= 0.3 is 0 Å². The van der Waals surface area contributed by atoms with Gasteiger partial charge in [0, 0.05) is 18.0 Å². The molecule has 1 unspecified atom stereocenters. The SMILES string of the molecule is Cc1cnc(C(NN)c2cccc3c2OCCC3)nc1. The summed E-state index contributed by atoms with van der Waals surface area (Å²) in [4.78, 5) is 8.73. The van der Waals surface area contributed by atoms with Crippen LogP contribution in [0.25, 0.3) is 0 Å². The summed E-state index contributed by atoms with van der Waals surface area (Å²) in [5.74, 6) is 7.30. The quantitative estimate of drug-likeness (QED) is 0.655. The Balaban J connectivity index is 2.03. The van der Waals surface area contributed by atoms with Gasteiger partial charge in [-0.3, -0.25) is 5.84 Å². The molecule has 3 rings (SSSR count). The summed E-state index contributed by atoms with van der Waals surface area (Å²) in [5, 5.41) is 0. The van der Waals surface area contributed by atoms with Gasteiger partial charge in [0.2, 0.25) is 0 Å². The Bertz CT molecular complexity index is 597. The lowest BCUT2D eigenvalue weighted by molar-refractivity contribution is 0.282. The van der Waals surface area contributed by atoms with E-state index in [0.29, 0.717) is 5.82 Å². The highest BCUT2D eigenvalue weighted by molar-refractivity contribution is 5.46. The van der Waals surface area contributed by atoms with Crippen LogP contribution in [0.15, 0.2) is 30.6 Å². The number of para-hydroxylation sites is 1. The summed E-state index contributed by atoms with van der Waals surface area (Å²) >= 11 is 0. The van der Waals surface area contributed by atoms with E-state index in [4.69, 9.17) is 10.6 Å². The fourth-order valence-corrected chi connectivity index (χ4v) is 2.50. The van der Waals surface area contributed by atoms with Gasteiger partial charge in [0.05, 0.1) is 6.61 Å². The summed E-state index contributed by atoms with van der Waals surface area (Å²) in [7, 11) is 0. The molecule has 0 fully saturated rings. The molecular weight excluding hydrogens is 252 g/mol. The molecular formula is C15H18N4O. The summed E-state index contributed by atoms with van der Waals surface area (Å²) in [6, 6.07) is 5.88. The van der Waals surface area contributed by atoms with Crippen LogP contribution < -0.4 is 16.0 Å². The van der Waals surface area contributed by atoms with Crippen molar-refractivity contribution in [2.24, 2.45) is 5.84 Å². The van der Waals surface area contributed by atoms with Crippen LogP contribution in [0.5, 0.6) is 5.75 Å². The van der Waals surface area contributed by atoms with Crippen LogP contribution >= 0.6 is 0 Å². The van der Waals surface area contributed by atoms with Crippen LogP contribution in [-0.2, 0) is 6.42 Å². The summed E-state index contributed by atoms with van der Waals surface area (Å²) in [5.41, 5.74) is 6.04. The summed E-state index contributed by atoms with van der Waals surface area (Å²) in [6.07, 6.45) is 5.68. The lowest BCUT2D eigenvalue weighted by Crippen LogP contribution is -2.31. The number of ether oxygens (including phenoxy) is 1. The van der Waals surface area contributed by atoms with Crippen molar-refractivity contribution in [3.05, 3.63) is 53.1 Å². The second-order valence-corrected chi connectivity index (χ2v) is 5.01. The van der Waals surface area contributed by atoms with Gasteiger partial charge in [0.15, 0.2) is 5.82 Å². The molecule has 5 heteroatoms. The third-order valence-electron chi connectivity index (χ3n) is 3.50. The van der Waals surface area contributed by atoms with Gasteiger partial charge in [0.1, 0.15) is 11.8 Å². The number of nitrogens with zero attached hydrogens (tertiary/aromatic N) is 2. The molecule has 0 saturated carbocycles. The zero-order valence-corrected chi connectivity index (χ0v) is 11.5. The third-order valence-corrected chi connectivity index (χ3v) is 3.50. The number of nitrogens with one attached hydrogen (secondary N) is 1. The molecule has 104 valence electrons. The van der Waals surface area contributed by atoms with Gasteiger partial charge in [-0.25, -0.2) is 15.4 Å². The van der Waals surface area contributed by atoms with E-state index in [-0.39, 0.29) is 6.04 Å². The molecule has 2 heterocycles. The second-order valence-electron chi connectivity index (χ2n) is 5.01. The van der Waals surface area contributed by atoms with Gasteiger partial charge in [0.25, 0.3) is 0 Å². The van der Waals surface area contributed by atoms with Crippen LogP contribution in [0.2, 0.25) is 0 Å². The number of aromatic nitrogens is 2. The average molecular weight is 270 g/mol. The molecule has 0 spiro atoms. The lowest BCUT2D eigenvalue weighted by atomic mass is 9.98. The molecule has 3 N–H and O–H groups in total. The Morgan fingerprint density at radius 1 is 1.30 bits per heavy atom. The van der Waals surface area contributed by atoms with Gasteiger partial charge < -0.3 is 4.74 Å².